The summed E-state index contributed by atoms with van der Waals surface area (Å²) >= 11 is 0. The number of aromatic nitrogens is 3. The molecule has 2 bridgehead atoms. The number of anilines is 1. The Bertz CT molecular complexity index is 1410. The number of rotatable bonds is 6. The van der Waals surface area contributed by atoms with E-state index in [0.29, 0.717) is 29.6 Å². The molecule has 2 aromatic heterocycles. The van der Waals surface area contributed by atoms with Gasteiger partial charge in [0.05, 0.1) is 10.9 Å². The molecule has 2 unspecified atom stereocenters. The van der Waals surface area contributed by atoms with E-state index in [1.807, 2.05) is 0 Å². The Kier molecular flexibility index (Phi) is 6.25. The number of hydrogen-bond acceptors (Lipinski definition) is 7. The second-order valence-electron chi connectivity index (χ2n) is 11.7. The molecule has 0 amide bonds. The molecule has 5 heterocycles. The largest absolute Gasteiger partial charge is 0.573 e. The number of hydrogen-bond donors (Lipinski definition) is 0. The Hall–Kier alpha value is -3.21. The van der Waals surface area contributed by atoms with E-state index in [9.17, 15) is 13.2 Å². The SMILES string of the molecule is Fc1c(-c2ccccc2OC(F)(F)F)ncc2c(N3CC4CCC(C4)C3)nc(OCC34CCCN3CCC4)nc12. The van der Waals surface area contributed by atoms with Gasteiger partial charge in [0, 0.05) is 24.8 Å². The summed E-state index contributed by atoms with van der Waals surface area (Å²) in [4.78, 5) is 18.2. The highest BCUT2D eigenvalue weighted by molar-refractivity contribution is 5.92. The summed E-state index contributed by atoms with van der Waals surface area (Å²) in [6, 6.07) is 5.50. The first-order valence-corrected chi connectivity index (χ1v) is 14.1. The predicted molar refractivity (Wildman–Crippen MR) is 141 cm³/mol. The molecule has 1 aromatic carbocycles. The van der Waals surface area contributed by atoms with Gasteiger partial charge in [0.25, 0.3) is 0 Å². The predicted octanol–water partition coefficient (Wildman–Crippen LogP) is 5.97. The fraction of sp³-hybridized carbons (Fsp3) is 0.552. The monoisotopic (exact) mass is 557 g/mol. The Labute approximate surface area is 229 Å². The van der Waals surface area contributed by atoms with Crippen LogP contribution in [0.4, 0.5) is 23.4 Å². The number of benzene rings is 1. The summed E-state index contributed by atoms with van der Waals surface area (Å²) in [5, 5.41) is 0.422. The number of nitrogens with zero attached hydrogens (tertiary/aromatic N) is 5. The van der Waals surface area contributed by atoms with E-state index in [0.717, 1.165) is 57.9 Å². The van der Waals surface area contributed by atoms with Gasteiger partial charge in [0.1, 0.15) is 29.4 Å². The first kappa shape index (κ1) is 25.7. The Morgan fingerprint density at radius 3 is 2.45 bits per heavy atom. The molecule has 3 aromatic rings. The van der Waals surface area contributed by atoms with E-state index in [2.05, 4.69) is 24.5 Å². The van der Waals surface area contributed by atoms with Crippen molar-refractivity contribution in [1.82, 2.24) is 19.9 Å². The Morgan fingerprint density at radius 1 is 1.00 bits per heavy atom. The molecule has 7 nitrogen and oxygen atoms in total. The summed E-state index contributed by atoms with van der Waals surface area (Å²) in [6.07, 6.45) is 4.37. The summed E-state index contributed by atoms with van der Waals surface area (Å²) in [5.41, 5.74) is -0.433. The van der Waals surface area contributed by atoms with Crippen molar-refractivity contribution in [3.05, 3.63) is 36.3 Å². The zero-order valence-corrected chi connectivity index (χ0v) is 22.1. The molecule has 0 radical (unpaired) electrons. The van der Waals surface area contributed by atoms with Crippen LogP contribution >= 0.6 is 0 Å². The van der Waals surface area contributed by atoms with Crippen molar-refractivity contribution in [3.8, 4) is 23.0 Å². The molecule has 1 aliphatic carbocycles. The van der Waals surface area contributed by atoms with Crippen molar-refractivity contribution < 1.29 is 27.0 Å². The van der Waals surface area contributed by atoms with E-state index in [1.54, 1.807) is 0 Å². The molecule has 212 valence electrons. The highest BCUT2D eigenvalue weighted by Crippen LogP contribution is 2.42. The minimum atomic E-state index is -4.93. The molecule has 3 aliphatic heterocycles. The summed E-state index contributed by atoms with van der Waals surface area (Å²) < 4.78 is 66.0. The van der Waals surface area contributed by atoms with Crippen molar-refractivity contribution in [1.29, 1.82) is 0 Å². The third-order valence-corrected chi connectivity index (χ3v) is 9.20. The maximum absolute atomic E-state index is 16.2. The van der Waals surface area contributed by atoms with Gasteiger partial charge in [0.2, 0.25) is 0 Å². The van der Waals surface area contributed by atoms with Crippen molar-refractivity contribution in [3.63, 3.8) is 0 Å². The zero-order valence-electron chi connectivity index (χ0n) is 22.1. The normalized spacial score (nSPS) is 24.1. The molecule has 0 spiro atoms. The van der Waals surface area contributed by atoms with E-state index < -0.39 is 17.9 Å². The van der Waals surface area contributed by atoms with Crippen LogP contribution in [0.1, 0.15) is 44.9 Å². The number of halogens is 4. The lowest BCUT2D eigenvalue weighted by Gasteiger charge is -2.34. The number of pyridine rings is 1. The summed E-state index contributed by atoms with van der Waals surface area (Å²) in [7, 11) is 0. The van der Waals surface area contributed by atoms with Gasteiger partial charge < -0.3 is 14.4 Å². The van der Waals surface area contributed by atoms with Crippen LogP contribution in [0.5, 0.6) is 11.8 Å². The number of alkyl halides is 3. The van der Waals surface area contributed by atoms with Crippen LogP contribution in [-0.4, -0.2) is 64.5 Å². The van der Waals surface area contributed by atoms with Crippen molar-refractivity contribution >= 4 is 16.7 Å². The summed E-state index contributed by atoms with van der Waals surface area (Å²) in [5.74, 6) is 0.329. The van der Waals surface area contributed by atoms with Crippen LogP contribution in [0.25, 0.3) is 22.2 Å². The first-order chi connectivity index (χ1) is 19.3. The average Bonchev–Trinajstić information content (AvgIpc) is 3.61. The average molecular weight is 558 g/mol. The van der Waals surface area contributed by atoms with Crippen molar-refractivity contribution in [2.75, 3.05) is 37.7 Å². The molecular weight excluding hydrogens is 526 g/mol. The highest BCUT2D eigenvalue weighted by atomic mass is 19.4. The van der Waals surface area contributed by atoms with Crippen LogP contribution in [0.15, 0.2) is 30.5 Å². The molecule has 40 heavy (non-hydrogen) atoms. The standard InChI is InChI=1S/C29H31F4N5O2/c30-23-24(20-5-1-2-6-22(20)40-29(31,32)33)34-14-21-25(23)35-27(39-17-28-9-3-11-38(28)12-4-10-28)36-26(21)37-15-18-7-8-19(13-18)16-37/h1-2,5-6,14,18-19H,3-4,7-13,15-17H2. The van der Waals surface area contributed by atoms with Crippen LogP contribution in [0, 0.1) is 17.7 Å². The van der Waals surface area contributed by atoms with E-state index in [4.69, 9.17) is 9.72 Å². The molecule has 11 heteroatoms. The fourth-order valence-electron chi connectivity index (χ4n) is 7.43. The highest BCUT2D eigenvalue weighted by Gasteiger charge is 2.45. The van der Waals surface area contributed by atoms with Crippen molar-refractivity contribution in [2.24, 2.45) is 11.8 Å². The Morgan fingerprint density at radius 2 is 1.73 bits per heavy atom. The van der Waals surface area contributed by atoms with Gasteiger partial charge in [-0.25, -0.2) is 4.39 Å². The third-order valence-electron chi connectivity index (χ3n) is 9.20. The van der Waals surface area contributed by atoms with Gasteiger partial charge in [-0.1, -0.05) is 12.1 Å². The van der Waals surface area contributed by atoms with Gasteiger partial charge in [-0.3, -0.25) is 9.88 Å². The van der Waals surface area contributed by atoms with Crippen LogP contribution in [0.3, 0.4) is 0 Å². The Balaban J connectivity index is 1.31. The third kappa shape index (κ3) is 4.61. The maximum Gasteiger partial charge on any atom is 0.573 e. The van der Waals surface area contributed by atoms with Gasteiger partial charge >= 0.3 is 12.4 Å². The molecule has 7 rings (SSSR count). The van der Waals surface area contributed by atoms with Gasteiger partial charge in [0.15, 0.2) is 5.82 Å². The molecule has 4 fully saturated rings. The molecule has 4 aliphatic rings. The van der Waals surface area contributed by atoms with Gasteiger partial charge in [-0.05, 0) is 82.0 Å². The fourth-order valence-corrected chi connectivity index (χ4v) is 7.43. The van der Waals surface area contributed by atoms with Crippen LogP contribution in [-0.2, 0) is 0 Å². The van der Waals surface area contributed by atoms with E-state index >= 15 is 4.39 Å². The topological polar surface area (TPSA) is 63.6 Å². The quantitative estimate of drug-likeness (QED) is 0.346. The summed E-state index contributed by atoms with van der Waals surface area (Å²) in [6.45, 7) is 4.14. The first-order valence-electron chi connectivity index (χ1n) is 14.1. The van der Waals surface area contributed by atoms with E-state index in [1.165, 1.54) is 43.7 Å². The lowest BCUT2D eigenvalue weighted by molar-refractivity contribution is -0.274. The lowest BCUT2D eigenvalue weighted by Crippen LogP contribution is -2.43. The van der Waals surface area contributed by atoms with Crippen molar-refractivity contribution in [2.45, 2.75) is 56.8 Å². The second-order valence-corrected chi connectivity index (χ2v) is 11.7. The second kappa shape index (κ2) is 9.71. The number of fused-ring (bicyclic) bond motifs is 4. The molecule has 0 N–H and O–H groups in total. The molecule has 1 saturated carbocycles. The maximum atomic E-state index is 16.2. The number of piperidine rings is 1. The smallest absolute Gasteiger partial charge is 0.461 e. The van der Waals surface area contributed by atoms with Gasteiger partial charge in [-0.2, -0.15) is 9.97 Å². The van der Waals surface area contributed by atoms with E-state index in [-0.39, 0.29) is 28.3 Å². The van der Waals surface area contributed by atoms with Crippen LogP contribution < -0.4 is 14.4 Å². The number of para-hydroxylation sites is 1. The zero-order chi connectivity index (χ0) is 27.5. The number of ether oxygens (including phenoxy) is 2. The molecule has 2 atom stereocenters. The minimum Gasteiger partial charge on any atom is -0.461 e. The minimum absolute atomic E-state index is 0.0167. The molecular formula is C29H31F4N5O2. The van der Waals surface area contributed by atoms with Crippen LogP contribution in [0.2, 0.25) is 0 Å². The molecule has 3 saturated heterocycles. The van der Waals surface area contributed by atoms with Gasteiger partial charge in [-0.15, -0.1) is 13.2 Å². The lowest BCUT2D eigenvalue weighted by atomic mass is 9.95.